The smallest absolute Gasteiger partial charge is 0.248 e. The van der Waals surface area contributed by atoms with Crippen molar-refractivity contribution < 1.29 is 8.78 Å². The summed E-state index contributed by atoms with van der Waals surface area (Å²) in [5.74, 6) is -2.37. The number of alkyl halides is 2. The van der Waals surface area contributed by atoms with Crippen molar-refractivity contribution in [3.8, 4) is 0 Å². The van der Waals surface area contributed by atoms with Gasteiger partial charge in [0.25, 0.3) is 0 Å². The van der Waals surface area contributed by atoms with Crippen molar-refractivity contribution in [3.63, 3.8) is 0 Å². The molecule has 15 heavy (non-hydrogen) atoms. The second-order valence-corrected chi connectivity index (χ2v) is 3.90. The quantitative estimate of drug-likeness (QED) is 0.871. The number of aromatic nitrogens is 2. The molecule has 6 heteroatoms. The van der Waals surface area contributed by atoms with Gasteiger partial charge in [-0.25, -0.2) is 8.78 Å². The first-order chi connectivity index (χ1) is 6.59. The monoisotopic (exact) mass is 237 g/mol. The van der Waals surface area contributed by atoms with E-state index in [9.17, 15) is 8.78 Å². The van der Waals surface area contributed by atoms with Gasteiger partial charge in [-0.3, -0.25) is 4.68 Å². The summed E-state index contributed by atoms with van der Waals surface area (Å²) < 4.78 is 26.7. The molecule has 1 aliphatic carbocycles. The third kappa shape index (κ3) is 2.89. The molecule has 0 amide bonds. The fraction of sp³-hybridized carbons (Fsp3) is 0.667. The molecule has 1 aliphatic rings. The standard InChI is InChI=1S/C9H13F2N3.ClH/c10-9(11)1-7(2-9)5-14-6-8(3-12)4-13-14;/h4,6-7H,1-3,5,12H2;1H. The van der Waals surface area contributed by atoms with Gasteiger partial charge in [-0.15, -0.1) is 12.4 Å². The minimum atomic E-state index is -2.44. The highest BCUT2D eigenvalue weighted by Gasteiger charge is 2.45. The molecule has 1 aromatic rings. The average molecular weight is 238 g/mol. The van der Waals surface area contributed by atoms with Crippen LogP contribution in [0, 0.1) is 5.92 Å². The Morgan fingerprint density at radius 2 is 2.20 bits per heavy atom. The normalized spacial score (nSPS) is 19.4. The van der Waals surface area contributed by atoms with E-state index in [2.05, 4.69) is 5.10 Å². The summed E-state index contributed by atoms with van der Waals surface area (Å²) >= 11 is 0. The van der Waals surface area contributed by atoms with E-state index in [1.54, 1.807) is 10.9 Å². The number of halogens is 3. The first-order valence-corrected chi connectivity index (χ1v) is 4.68. The highest BCUT2D eigenvalue weighted by molar-refractivity contribution is 5.85. The summed E-state index contributed by atoms with van der Waals surface area (Å²) in [6.07, 6.45) is 3.48. The predicted molar refractivity (Wildman–Crippen MR) is 55.0 cm³/mol. The second-order valence-electron chi connectivity index (χ2n) is 3.90. The Bertz CT molecular complexity index is 319. The first kappa shape index (κ1) is 12.4. The van der Waals surface area contributed by atoms with Gasteiger partial charge in [0.15, 0.2) is 0 Å². The SMILES string of the molecule is Cl.NCc1cnn(CC2CC(F)(F)C2)c1. The highest BCUT2D eigenvalue weighted by atomic mass is 35.5. The Hall–Kier alpha value is -0.680. The molecule has 1 fully saturated rings. The maximum atomic E-state index is 12.5. The van der Waals surface area contributed by atoms with Crippen LogP contribution >= 0.6 is 12.4 Å². The number of nitrogens with zero attached hydrogens (tertiary/aromatic N) is 2. The van der Waals surface area contributed by atoms with Crippen molar-refractivity contribution in [2.24, 2.45) is 11.7 Å². The zero-order chi connectivity index (χ0) is 10.2. The van der Waals surface area contributed by atoms with Crippen LogP contribution in [0.25, 0.3) is 0 Å². The topological polar surface area (TPSA) is 43.8 Å². The fourth-order valence-electron chi connectivity index (χ4n) is 1.79. The molecule has 1 heterocycles. The molecule has 0 bridgehead atoms. The van der Waals surface area contributed by atoms with Crippen LogP contribution in [0.4, 0.5) is 8.78 Å². The molecule has 1 saturated carbocycles. The fourth-order valence-corrected chi connectivity index (χ4v) is 1.79. The Balaban J connectivity index is 0.00000112. The van der Waals surface area contributed by atoms with Gasteiger partial charge in [0, 0.05) is 37.7 Å². The van der Waals surface area contributed by atoms with Crippen LogP contribution in [0.5, 0.6) is 0 Å². The van der Waals surface area contributed by atoms with E-state index in [0.717, 1.165) is 5.56 Å². The zero-order valence-electron chi connectivity index (χ0n) is 8.20. The van der Waals surface area contributed by atoms with Crippen molar-refractivity contribution in [1.82, 2.24) is 9.78 Å². The summed E-state index contributed by atoms with van der Waals surface area (Å²) in [6, 6.07) is 0. The molecule has 3 nitrogen and oxygen atoms in total. The molecule has 86 valence electrons. The van der Waals surface area contributed by atoms with Crippen LogP contribution in [0.15, 0.2) is 12.4 Å². The summed E-state index contributed by atoms with van der Waals surface area (Å²) in [6.45, 7) is 1.02. The lowest BCUT2D eigenvalue weighted by molar-refractivity contribution is -0.114. The molecule has 0 unspecified atom stereocenters. The molecule has 1 aromatic heterocycles. The molecule has 0 aliphatic heterocycles. The number of nitrogens with two attached hydrogens (primary N) is 1. The van der Waals surface area contributed by atoms with Crippen LogP contribution in [0.3, 0.4) is 0 Å². The molecule has 0 saturated heterocycles. The van der Waals surface area contributed by atoms with Gasteiger partial charge >= 0.3 is 0 Å². The lowest BCUT2D eigenvalue weighted by atomic mass is 9.81. The lowest BCUT2D eigenvalue weighted by Crippen LogP contribution is -2.37. The minimum absolute atomic E-state index is 0. The van der Waals surface area contributed by atoms with E-state index in [1.807, 2.05) is 6.20 Å². The van der Waals surface area contributed by atoms with E-state index in [4.69, 9.17) is 5.73 Å². The second kappa shape index (κ2) is 4.45. The van der Waals surface area contributed by atoms with Crippen LogP contribution in [0.2, 0.25) is 0 Å². The van der Waals surface area contributed by atoms with Crippen molar-refractivity contribution in [1.29, 1.82) is 0 Å². The highest BCUT2D eigenvalue weighted by Crippen LogP contribution is 2.42. The van der Waals surface area contributed by atoms with Crippen molar-refractivity contribution in [3.05, 3.63) is 18.0 Å². The summed E-state index contributed by atoms with van der Waals surface area (Å²) in [5.41, 5.74) is 6.35. The first-order valence-electron chi connectivity index (χ1n) is 4.68. The van der Waals surface area contributed by atoms with E-state index in [-0.39, 0.29) is 31.2 Å². The molecular weight excluding hydrogens is 224 g/mol. The van der Waals surface area contributed by atoms with Gasteiger partial charge in [0.1, 0.15) is 0 Å². The van der Waals surface area contributed by atoms with E-state index in [0.29, 0.717) is 13.1 Å². The van der Waals surface area contributed by atoms with Crippen molar-refractivity contribution in [2.75, 3.05) is 0 Å². The lowest BCUT2D eigenvalue weighted by Gasteiger charge is -2.34. The van der Waals surface area contributed by atoms with Gasteiger partial charge < -0.3 is 5.73 Å². The Morgan fingerprint density at radius 1 is 1.53 bits per heavy atom. The molecule has 0 spiro atoms. The molecule has 0 aromatic carbocycles. The maximum absolute atomic E-state index is 12.5. The third-order valence-electron chi connectivity index (χ3n) is 2.54. The Labute approximate surface area is 93.0 Å². The Kier molecular flexibility index (Phi) is 3.67. The largest absolute Gasteiger partial charge is 0.326 e. The number of hydrogen-bond donors (Lipinski definition) is 1. The van der Waals surface area contributed by atoms with Crippen molar-refractivity contribution in [2.45, 2.75) is 31.9 Å². The zero-order valence-corrected chi connectivity index (χ0v) is 9.01. The Morgan fingerprint density at radius 3 is 2.67 bits per heavy atom. The van der Waals surface area contributed by atoms with E-state index < -0.39 is 5.92 Å². The van der Waals surface area contributed by atoms with Gasteiger partial charge in [-0.05, 0) is 5.92 Å². The molecule has 2 rings (SSSR count). The van der Waals surface area contributed by atoms with Gasteiger partial charge in [-0.1, -0.05) is 0 Å². The van der Waals surface area contributed by atoms with Crippen LogP contribution in [-0.2, 0) is 13.1 Å². The summed E-state index contributed by atoms with van der Waals surface area (Å²) in [4.78, 5) is 0. The number of rotatable bonds is 3. The molecular formula is C9H14ClF2N3. The predicted octanol–water partition coefficient (Wildman–Crippen LogP) is 1.81. The van der Waals surface area contributed by atoms with Crippen molar-refractivity contribution >= 4 is 12.4 Å². The summed E-state index contributed by atoms with van der Waals surface area (Å²) in [7, 11) is 0. The molecule has 0 atom stereocenters. The molecule has 0 radical (unpaired) electrons. The molecule has 2 N–H and O–H groups in total. The van der Waals surface area contributed by atoms with Gasteiger partial charge in [0.2, 0.25) is 5.92 Å². The van der Waals surface area contributed by atoms with Crippen LogP contribution in [0.1, 0.15) is 18.4 Å². The third-order valence-corrected chi connectivity index (χ3v) is 2.54. The van der Waals surface area contributed by atoms with Crippen LogP contribution < -0.4 is 5.73 Å². The number of hydrogen-bond acceptors (Lipinski definition) is 2. The maximum Gasteiger partial charge on any atom is 0.248 e. The average Bonchev–Trinajstić information content (AvgIpc) is 2.49. The minimum Gasteiger partial charge on any atom is -0.326 e. The van der Waals surface area contributed by atoms with E-state index >= 15 is 0 Å². The summed E-state index contributed by atoms with van der Waals surface area (Å²) in [5, 5.41) is 4.05. The van der Waals surface area contributed by atoms with E-state index in [1.165, 1.54) is 0 Å². The van der Waals surface area contributed by atoms with Crippen LogP contribution in [-0.4, -0.2) is 15.7 Å². The van der Waals surface area contributed by atoms with Gasteiger partial charge in [0.05, 0.1) is 6.20 Å². The van der Waals surface area contributed by atoms with Gasteiger partial charge in [-0.2, -0.15) is 5.10 Å².